The summed E-state index contributed by atoms with van der Waals surface area (Å²) in [5.74, 6) is 0.873. The molecule has 0 bridgehead atoms. The second-order valence-corrected chi connectivity index (χ2v) is 5.14. The van der Waals surface area contributed by atoms with Crippen LogP contribution in [-0.2, 0) is 0 Å². The third-order valence-electron chi connectivity index (χ3n) is 3.91. The van der Waals surface area contributed by atoms with E-state index in [1.807, 2.05) is 6.20 Å². The molecule has 0 radical (unpaired) electrons. The third kappa shape index (κ3) is 2.78. The lowest BCUT2D eigenvalue weighted by atomic mass is 10.1. The molecule has 1 aromatic heterocycles. The van der Waals surface area contributed by atoms with Crippen molar-refractivity contribution >= 4 is 5.69 Å². The molecule has 2 atom stereocenters. The predicted molar refractivity (Wildman–Crippen MR) is 72.0 cm³/mol. The standard InChI is InChI=1S/C14H23N3/c1-4-13(15)14-8-7-12(9-16-14)17(3)10(2)11-5-6-11/h7-11,13H,4-6,15H2,1-3H3/t10?,13-/m1/s1. The highest BCUT2D eigenvalue weighted by Crippen LogP contribution is 2.36. The fourth-order valence-corrected chi connectivity index (χ4v) is 2.16. The first-order chi connectivity index (χ1) is 8.13. The molecule has 94 valence electrons. The third-order valence-corrected chi connectivity index (χ3v) is 3.91. The van der Waals surface area contributed by atoms with Gasteiger partial charge in [0, 0.05) is 19.1 Å². The molecule has 1 saturated carbocycles. The maximum atomic E-state index is 5.96. The van der Waals surface area contributed by atoms with Gasteiger partial charge in [0.15, 0.2) is 0 Å². The summed E-state index contributed by atoms with van der Waals surface area (Å²) in [6.45, 7) is 4.38. The number of anilines is 1. The van der Waals surface area contributed by atoms with Gasteiger partial charge in [-0.1, -0.05) is 6.92 Å². The van der Waals surface area contributed by atoms with Crippen LogP contribution in [0.2, 0.25) is 0 Å². The molecule has 1 aromatic rings. The molecule has 0 spiro atoms. The van der Waals surface area contributed by atoms with Gasteiger partial charge in [0.05, 0.1) is 17.6 Å². The molecule has 3 nitrogen and oxygen atoms in total. The summed E-state index contributed by atoms with van der Waals surface area (Å²) in [6.07, 6.45) is 5.62. The van der Waals surface area contributed by atoms with E-state index < -0.39 is 0 Å². The summed E-state index contributed by atoms with van der Waals surface area (Å²) < 4.78 is 0. The highest BCUT2D eigenvalue weighted by atomic mass is 15.1. The summed E-state index contributed by atoms with van der Waals surface area (Å²) in [4.78, 5) is 6.79. The maximum Gasteiger partial charge on any atom is 0.0572 e. The Morgan fingerprint density at radius 3 is 2.65 bits per heavy atom. The fraction of sp³-hybridized carbons (Fsp3) is 0.643. The second kappa shape index (κ2) is 5.05. The van der Waals surface area contributed by atoms with Crippen LogP contribution < -0.4 is 10.6 Å². The summed E-state index contributed by atoms with van der Waals surface area (Å²) in [5, 5.41) is 0. The van der Waals surface area contributed by atoms with Crippen LogP contribution >= 0.6 is 0 Å². The molecule has 3 heteroatoms. The van der Waals surface area contributed by atoms with Crippen molar-refractivity contribution in [3.63, 3.8) is 0 Å². The Bertz CT molecular complexity index is 356. The van der Waals surface area contributed by atoms with Crippen molar-refractivity contribution in [2.24, 2.45) is 11.7 Å². The van der Waals surface area contributed by atoms with Crippen molar-refractivity contribution < 1.29 is 0 Å². The number of pyridine rings is 1. The monoisotopic (exact) mass is 233 g/mol. The SMILES string of the molecule is CC[C@@H](N)c1ccc(N(C)C(C)C2CC2)cn1. The predicted octanol–water partition coefficient (Wildman–Crippen LogP) is 2.73. The minimum atomic E-state index is 0.0650. The minimum absolute atomic E-state index is 0.0650. The van der Waals surface area contributed by atoms with Crippen LogP contribution in [0, 0.1) is 5.92 Å². The van der Waals surface area contributed by atoms with Gasteiger partial charge < -0.3 is 10.6 Å². The molecule has 1 heterocycles. The van der Waals surface area contributed by atoms with E-state index >= 15 is 0 Å². The lowest BCUT2D eigenvalue weighted by molar-refractivity contribution is 0.607. The van der Waals surface area contributed by atoms with Gasteiger partial charge in [0.1, 0.15) is 0 Å². The molecule has 0 aliphatic heterocycles. The number of nitrogens with two attached hydrogens (primary N) is 1. The molecule has 0 aromatic carbocycles. The molecule has 2 rings (SSSR count). The first kappa shape index (κ1) is 12.4. The number of nitrogens with zero attached hydrogens (tertiary/aromatic N) is 2. The number of rotatable bonds is 5. The van der Waals surface area contributed by atoms with Gasteiger partial charge in [0.2, 0.25) is 0 Å². The summed E-state index contributed by atoms with van der Waals surface area (Å²) in [6, 6.07) is 4.87. The molecule has 2 N–H and O–H groups in total. The summed E-state index contributed by atoms with van der Waals surface area (Å²) in [5.41, 5.74) is 8.14. The molecule has 1 aliphatic carbocycles. The fourth-order valence-electron chi connectivity index (χ4n) is 2.16. The van der Waals surface area contributed by atoms with Crippen LogP contribution in [0.3, 0.4) is 0 Å². The quantitative estimate of drug-likeness (QED) is 0.850. The van der Waals surface area contributed by atoms with Gasteiger partial charge in [-0.25, -0.2) is 0 Å². The molecule has 1 fully saturated rings. The zero-order valence-corrected chi connectivity index (χ0v) is 11.1. The van der Waals surface area contributed by atoms with Crippen LogP contribution in [0.4, 0.5) is 5.69 Å². The Morgan fingerprint density at radius 1 is 1.47 bits per heavy atom. The second-order valence-electron chi connectivity index (χ2n) is 5.14. The van der Waals surface area contributed by atoms with Gasteiger partial charge >= 0.3 is 0 Å². The van der Waals surface area contributed by atoms with Crippen molar-refractivity contribution in [2.75, 3.05) is 11.9 Å². The van der Waals surface area contributed by atoms with Crippen LogP contribution in [0.15, 0.2) is 18.3 Å². The molecular formula is C14H23N3. The topological polar surface area (TPSA) is 42.1 Å². The highest BCUT2D eigenvalue weighted by molar-refractivity contribution is 5.45. The molecule has 17 heavy (non-hydrogen) atoms. The Kier molecular flexibility index (Phi) is 3.67. The van der Waals surface area contributed by atoms with Crippen molar-refractivity contribution in [1.29, 1.82) is 0 Å². The van der Waals surface area contributed by atoms with E-state index in [1.165, 1.54) is 18.5 Å². The van der Waals surface area contributed by atoms with E-state index in [4.69, 9.17) is 5.73 Å². The highest BCUT2D eigenvalue weighted by Gasteiger charge is 2.30. The zero-order valence-electron chi connectivity index (χ0n) is 11.1. The lowest BCUT2D eigenvalue weighted by Gasteiger charge is -2.27. The summed E-state index contributed by atoms with van der Waals surface area (Å²) >= 11 is 0. The molecule has 0 saturated heterocycles. The van der Waals surface area contributed by atoms with E-state index in [9.17, 15) is 0 Å². The molecule has 0 amide bonds. The first-order valence-electron chi connectivity index (χ1n) is 6.57. The van der Waals surface area contributed by atoms with E-state index in [1.54, 1.807) is 0 Å². The molecule has 1 unspecified atom stereocenters. The van der Waals surface area contributed by atoms with Gasteiger partial charge in [-0.15, -0.1) is 0 Å². The Labute approximate surface area is 104 Å². The molecule has 1 aliphatic rings. The van der Waals surface area contributed by atoms with Gasteiger partial charge in [-0.2, -0.15) is 0 Å². The van der Waals surface area contributed by atoms with Crippen molar-refractivity contribution in [1.82, 2.24) is 4.98 Å². The lowest BCUT2D eigenvalue weighted by Crippen LogP contribution is -2.30. The Morgan fingerprint density at radius 2 is 2.18 bits per heavy atom. The average molecular weight is 233 g/mol. The van der Waals surface area contributed by atoms with Crippen molar-refractivity contribution in [3.8, 4) is 0 Å². The first-order valence-corrected chi connectivity index (χ1v) is 6.57. The van der Waals surface area contributed by atoms with Gasteiger partial charge in [-0.05, 0) is 44.2 Å². The number of hydrogen-bond donors (Lipinski definition) is 1. The smallest absolute Gasteiger partial charge is 0.0572 e. The van der Waals surface area contributed by atoms with E-state index in [-0.39, 0.29) is 6.04 Å². The summed E-state index contributed by atoms with van der Waals surface area (Å²) in [7, 11) is 2.15. The normalized spacial score (nSPS) is 18.8. The zero-order chi connectivity index (χ0) is 12.4. The number of hydrogen-bond acceptors (Lipinski definition) is 3. The van der Waals surface area contributed by atoms with Crippen LogP contribution in [0.1, 0.15) is 44.8 Å². The van der Waals surface area contributed by atoms with Gasteiger partial charge in [-0.3, -0.25) is 4.98 Å². The largest absolute Gasteiger partial charge is 0.370 e. The van der Waals surface area contributed by atoms with E-state index in [2.05, 4.69) is 42.9 Å². The minimum Gasteiger partial charge on any atom is -0.370 e. The van der Waals surface area contributed by atoms with Crippen LogP contribution in [0.5, 0.6) is 0 Å². The Balaban J connectivity index is 2.06. The van der Waals surface area contributed by atoms with E-state index in [0.717, 1.165) is 18.0 Å². The van der Waals surface area contributed by atoms with Crippen molar-refractivity contribution in [2.45, 2.75) is 45.2 Å². The van der Waals surface area contributed by atoms with Gasteiger partial charge in [0.25, 0.3) is 0 Å². The van der Waals surface area contributed by atoms with Crippen LogP contribution in [0.25, 0.3) is 0 Å². The van der Waals surface area contributed by atoms with Crippen molar-refractivity contribution in [3.05, 3.63) is 24.0 Å². The number of aromatic nitrogens is 1. The van der Waals surface area contributed by atoms with E-state index in [0.29, 0.717) is 6.04 Å². The van der Waals surface area contributed by atoms with Crippen LogP contribution in [-0.4, -0.2) is 18.1 Å². The average Bonchev–Trinajstić information content (AvgIpc) is 3.20. The maximum absolute atomic E-state index is 5.96. The Hall–Kier alpha value is -1.09. The molecular weight excluding hydrogens is 210 g/mol.